The lowest BCUT2D eigenvalue weighted by Crippen LogP contribution is -2.48. The molecule has 2 aliphatic heterocycles. The third-order valence-corrected chi connectivity index (χ3v) is 6.15. The first-order valence-corrected chi connectivity index (χ1v) is 9.53. The average Bonchev–Trinajstić information content (AvgIpc) is 3.26. The predicted molar refractivity (Wildman–Crippen MR) is 92.7 cm³/mol. The number of hydrogen-bond donors (Lipinski definition) is 1. The lowest BCUT2D eigenvalue weighted by atomic mass is 9.99. The highest BCUT2D eigenvalue weighted by Crippen LogP contribution is 2.24. The summed E-state index contributed by atoms with van der Waals surface area (Å²) in [7, 11) is 0. The van der Waals surface area contributed by atoms with Crippen molar-refractivity contribution >= 4 is 17.2 Å². The molecule has 4 rings (SSSR count). The molecule has 6 nitrogen and oxygen atoms in total. The molecule has 1 N–H and O–H groups in total. The monoisotopic (exact) mass is 345 g/mol. The summed E-state index contributed by atoms with van der Waals surface area (Å²) < 4.78 is 2.13. The van der Waals surface area contributed by atoms with E-state index in [4.69, 9.17) is 0 Å². The van der Waals surface area contributed by atoms with Gasteiger partial charge in [0, 0.05) is 37.5 Å². The molecule has 0 radical (unpaired) electrons. The Bertz CT molecular complexity index is 724. The molecule has 0 fully saturated rings. The van der Waals surface area contributed by atoms with Crippen LogP contribution in [0.1, 0.15) is 29.6 Å². The van der Waals surface area contributed by atoms with Crippen molar-refractivity contribution < 1.29 is 4.79 Å². The fourth-order valence-electron chi connectivity index (χ4n) is 3.64. The molecule has 2 aromatic rings. The Morgan fingerprint density at radius 1 is 1.50 bits per heavy atom. The molecule has 0 saturated carbocycles. The predicted octanol–water partition coefficient (Wildman–Crippen LogP) is 1.46. The van der Waals surface area contributed by atoms with E-state index in [1.165, 1.54) is 10.4 Å². The third-order valence-electron chi connectivity index (χ3n) is 5.13. The number of hydrogen-bond acceptors (Lipinski definition) is 5. The normalized spacial score (nSPS) is 21.2. The largest absolute Gasteiger partial charge is 0.337 e. The van der Waals surface area contributed by atoms with E-state index in [2.05, 4.69) is 31.5 Å². The van der Waals surface area contributed by atoms with E-state index in [9.17, 15) is 4.79 Å². The molecule has 2 atom stereocenters. The zero-order valence-corrected chi connectivity index (χ0v) is 14.8. The Balaban J connectivity index is 1.29. The Hall–Kier alpha value is -1.73. The summed E-state index contributed by atoms with van der Waals surface area (Å²) in [6.07, 6.45) is 4.88. The van der Waals surface area contributed by atoms with Gasteiger partial charge in [0.1, 0.15) is 12.2 Å². The second-order valence-corrected chi connectivity index (χ2v) is 7.81. The molecule has 0 aliphatic carbocycles. The molecular formula is C17H23N5OS. The van der Waals surface area contributed by atoms with Crippen molar-refractivity contribution in [2.24, 2.45) is 5.92 Å². The molecule has 4 heterocycles. The Morgan fingerprint density at radius 2 is 2.42 bits per heavy atom. The quantitative estimate of drug-likeness (QED) is 0.911. The highest BCUT2D eigenvalue weighted by atomic mass is 32.1. The lowest BCUT2D eigenvalue weighted by Gasteiger charge is -2.31. The highest BCUT2D eigenvalue weighted by Gasteiger charge is 2.26. The molecule has 2 aliphatic rings. The third kappa shape index (κ3) is 3.10. The second kappa shape index (κ2) is 6.64. The van der Waals surface area contributed by atoms with Gasteiger partial charge in [0.2, 0.25) is 5.91 Å². The summed E-state index contributed by atoms with van der Waals surface area (Å²) in [5.74, 6) is 1.83. The number of aromatic nitrogens is 3. The maximum absolute atomic E-state index is 12.7. The molecule has 2 unspecified atom stereocenters. The first kappa shape index (κ1) is 15.8. The van der Waals surface area contributed by atoms with Gasteiger partial charge in [-0.1, -0.05) is 0 Å². The number of nitrogens with one attached hydrogen (secondary N) is 1. The van der Waals surface area contributed by atoms with Gasteiger partial charge < -0.3 is 14.8 Å². The SMILES string of the molecule is CC(NCC1CCc2nncn2C1)C(=O)N1CCc2sccc2C1. The minimum Gasteiger partial charge on any atom is -0.337 e. The van der Waals surface area contributed by atoms with Crippen LogP contribution < -0.4 is 5.32 Å². The number of amides is 1. The van der Waals surface area contributed by atoms with Gasteiger partial charge in [0.15, 0.2) is 0 Å². The van der Waals surface area contributed by atoms with E-state index in [0.717, 1.165) is 51.3 Å². The number of aryl methyl sites for hydroxylation is 1. The number of carbonyl (C=O) groups is 1. The van der Waals surface area contributed by atoms with Crippen molar-refractivity contribution in [3.05, 3.63) is 34.0 Å². The van der Waals surface area contributed by atoms with Crippen LogP contribution in [-0.2, 0) is 30.7 Å². The number of rotatable bonds is 4. The highest BCUT2D eigenvalue weighted by molar-refractivity contribution is 7.10. The summed E-state index contributed by atoms with van der Waals surface area (Å²) in [6, 6.07) is 2.02. The van der Waals surface area contributed by atoms with Gasteiger partial charge in [-0.25, -0.2) is 0 Å². The molecule has 0 spiro atoms. The summed E-state index contributed by atoms with van der Waals surface area (Å²) in [5, 5.41) is 13.7. The van der Waals surface area contributed by atoms with Crippen molar-refractivity contribution in [3.8, 4) is 0 Å². The van der Waals surface area contributed by atoms with E-state index < -0.39 is 0 Å². The Kier molecular flexibility index (Phi) is 4.37. The summed E-state index contributed by atoms with van der Waals surface area (Å²) >= 11 is 1.81. The van der Waals surface area contributed by atoms with Crippen LogP contribution in [0.2, 0.25) is 0 Å². The van der Waals surface area contributed by atoms with E-state index in [1.54, 1.807) is 11.3 Å². The molecular weight excluding hydrogens is 322 g/mol. The summed E-state index contributed by atoms with van der Waals surface area (Å²) in [4.78, 5) is 16.1. The fourth-order valence-corrected chi connectivity index (χ4v) is 4.53. The van der Waals surface area contributed by atoms with Crippen LogP contribution in [0.3, 0.4) is 0 Å². The number of nitrogens with zero attached hydrogens (tertiary/aromatic N) is 4. The van der Waals surface area contributed by atoms with E-state index >= 15 is 0 Å². The Labute approximate surface area is 145 Å². The van der Waals surface area contributed by atoms with Crippen LogP contribution in [0.5, 0.6) is 0 Å². The zero-order valence-electron chi connectivity index (χ0n) is 13.9. The van der Waals surface area contributed by atoms with Crippen LogP contribution in [-0.4, -0.2) is 44.7 Å². The van der Waals surface area contributed by atoms with Gasteiger partial charge in [-0.2, -0.15) is 0 Å². The summed E-state index contributed by atoms with van der Waals surface area (Å²) in [6.45, 7) is 5.39. The number of thiophene rings is 1. The van der Waals surface area contributed by atoms with Crippen molar-refractivity contribution in [1.29, 1.82) is 0 Å². The standard InChI is InChI=1S/C17H23N5OS/c1-12(17(23)21-6-4-15-14(10-21)5-7-24-15)18-8-13-2-3-16-20-19-11-22(16)9-13/h5,7,11-13,18H,2-4,6,8-10H2,1H3. The Morgan fingerprint density at radius 3 is 3.33 bits per heavy atom. The average molecular weight is 345 g/mol. The second-order valence-electron chi connectivity index (χ2n) is 6.81. The van der Waals surface area contributed by atoms with Crippen molar-refractivity contribution in [3.63, 3.8) is 0 Å². The van der Waals surface area contributed by atoms with Gasteiger partial charge >= 0.3 is 0 Å². The lowest BCUT2D eigenvalue weighted by molar-refractivity contribution is -0.134. The minimum atomic E-state index is -0.132. The smallest absolute Gasteiger partial charge is 0.239 e. The molecule has 0 aromatic carbocycles. The maximum atomic E-state index is 12.7. The van der Waals surface area contributed by atoms with E-state index in [-0.39, 0.29) is 11.9 Å². The molecule has 7 heteroatoms. The van der Waals surface area contributed by atoms with Gasteiger partial charge in [-0.15, -0.1) is 21.5 Å². The minimum absolute atomic E-state index is 0.132. The van der Waals surface area contributed by atoms with Gasteiger partial charge in [-0.05, 0) is 42.7 Å². The van der Waals surface area contributed by atoms with Crippen LogP contribution in [0.25, 0.3) is 0 Å². The number of fused-ring (bicyclic) bond motifs is 2. The zero-order chi connectivity index (χ0) is 16.5. The van der Waals surface area contributed by atoms with E-state index in [1.807, 2.05) is 18.2 Å². The maximum Gasteiger partial charge on any atom is 0.239 e. The van der Waals surface area contributed by atoms with Crippen molar-refractivity contribution in [1.82, 2.24) is 25.0 Å². The first-order chi connectivity index (χ1) is 11.7. The molecule has 0 bridgehead atoms. The van der Waals surface area contributed by atoms with Crippen molar-refractivity contribution in [2.45, 2.75) is 45.3 Å². The van der Waals surface area contributed by atoms with E-state index in [0.29, 0.717) is 5.92 Å². The molecule has 24 heavy (non-hydrogen) atoms. The first-order valence-electron chi connectivity index (χ1n) is 8.65. The molecule has 2 aromatic heterocycles. The van der Waals surface area contributed by atoms with Gasteiger partial charge in [-0.3, -0.25) is 4.79 Å². The van der Waals surface area contributed by atoms with Crippen molar-refractivity contribution in [2.75, 3.05) is 13.1 Å². The van der Waals surface area contributed by atoms with Crippen LogP contribution >= 0.6 is 11.3 Å². The van der Waals surface area contributed by atoms with Crippen LogP contribution in [0.15, 0.2) is 17.8 Å². The topological polar surface area (TPSA) is 63.1 Å². The van der Waals surface area contributed by atoms with Crippen LogP contribution in [0.4, 0.5) is 0 Å². The molecule has 128 valence electrons. The van der Waals surface area contributed by atoms with Gasteiger partial charge in [0.25, 0.3) is 0 Å². The molecule has 1 amide bonds. The van der Waals surface area contributed by atoms with Crippen LogP contribution in [0, 0.1) is 5.92 Å². The number of carbonyl (C=O) groups excluding carboxylic acids is 1. The molecule has 0 saturated heterocycles. The van der Waals surface area contributed by atoms with Gasteiger partial charge in [0.05, 0.1) is 6.04 Å². The summed E-state index contributed by atoms with van der Waals surface area (Å²) in [5.41, 5.74) is 1.32. The fraction of sp³-hybridized carbons (Fsp3) is 0.588.